The summed E-state index contributed by atoms with van der Waals surface area (Å²) in [4.78, 5) is 20.0. The third-order valence-corrected chi connectivity index (χ3v) is 2.31. The van der Waals surface area contributed by atoms with Crippen molar-refractivity contribution in [2.45, 2.75) is 0 Å². The quantitative estimate of drug-likeness (QED) is 0.508. The van der Waals surface area contributed by atoms with Gasteiger partial charge < -0.3 is 4.42 Å². The Kier molecular flexibility index (Phi) is 3.70. The molecule has 0 fully saturated rings. The fraction of sp³-hybridized carbons (Fsp3) is 0. The normalized spacial score (nSPS) is 10.6. The molecule has 20 heavy (non-hydrogen) atoms. The average molecular weight is 276 g/mol. The second kappa shape index (κ2) is 5.61. The first-order valence-corrected chi connectivity index (χ1v) is 5.33. The van der Waals surface area contributed by atoms with Gasteiger partial charge in [0.05, 0.1) is 28.4 Å². The minimum Gasteiger partial charge on any atom is -0.463 e. The fourth-order valence-electron chi connectivity index (χ4n) is 1.41. The summed E-state index contributed by atoms with van der Waals surface area (Å²) in [7, 11) is 0. The van der Waals surface area contributed by atoms with Gasteiger partial charge in [0.25, 0.3) is 5.69 Å². The van der Waals surface area contributed by atoms with Gasteiger partial charge in [0, 0.05) is 6.07 Å². The molecule has 0 amide bonds. The first kappa shape index (κ1) is 13.2. The Morgan fingerprint density at radius 3 is 2.60 bits per heavy atom. The summed E-state index contributed by atoms with van der Waals surface area (Å²) in [6.07, 6.45) is 2.78. The monoisotopic (exact) mass is 276 g/mol. The van der Waals surface area contributed by atoms with Crippen molar-refractivity contribution in [3.63, 3.8) is 0 Å². The van der Waals surface area contributed by atoms with Gasteiger partial charge in [0.1, 0.15) is 11.4 Å². The molecule has 1 aromatic carbocycles. The average Bonchev–Trinajstić information content (AvgIpc) is 2.91. The summed E-state index contributed by atoms with van der Waals surface area (Å²) in [6.45, 7) is 0. The number of nitro groups is 2. The number of benzene rings is 1. The van der Waals surface area contributed by atoms with Gasteiger partial charge in [0.2, 0.25) is 0 Å². The Hall–Kier alpha value is -3.23. The molecule has 1 heterocycles. The zero-order valence-electron chi connectivity index (χ0n) is 9.92. The van der Waals surface area contributed by atoms with Crippen molar-refractivity contribution >= 4 is 23.3 Å². The van der Waals surface area contributed by atoms with Gasteiger partial charge in [-0.25, -0.2) is 0 Å². The van der Waals surface area contributed by atoms with Crippen molar-refractivity contribution in [3.8, 4) is 0 Å². The van der Waals surface area contributed by atoms with Crippen LogP contribution in [0.3, 0.4) is 0 Å². The highest BCUT2D eigenvalue weighted by molar-refractivity contribution is 5.77. The molecule has 9 heteroatoms. The van der Waals surface area contributed by atoms with Crippen LogP contribution >= 0.6 is 0 Å². The second-order valence-electron chi connectivity index (χ2n) is 3.60. The Morgan fingerprint density at radius 1 is 1.20 bits per heavy atom. The predicted molar refractivity (Wildman–Crippen MR) is 69.7 cm³/mol. The molecule has 0 radical (unpaired) electrons. The maximum atomic E-state index is 10.9. The predicted octanol–water partition coefficient (Wildman–Crippen LogP) is 2.54. The van der Waals surface area contributed by atoms with E-state index in [-0.39, 0.29) is 11.4 Å². The lowest BCUT2D eigenvalue weighted by Crippen LogP contribution is -1.98. The molecule has 0 saturated carbocycles. The van der Waals surface area contributed by atoms with Gasteiger partial charge >= 0.3 is 5.69 Å². The van der Waals surface area contributed by atoms with Crippen molar-refractivity contribution in [2.75, 3.05) is 5.43 Å². The maximum Gasteiger partial charge on any atom is 0.301 e. The lowest BCUT2D eigenvalue weighted by atomic mass is 10.2. The van der Waals surface area contributed by atoms with E-state index < -0.39 is 15.5 Å². The summed E-state index contributed by atoms with van der Waals surface area (Å²) >= 11 is 0. The van der Waals surface area contributed by atoms with E-state index in [9.17, 15) is 20.2 Å². The third-order valence-electron chi connectivity index (χ3n) is 2.31. The molecular formula is C11H8N4O5. The SMILES string of the molecule is O=[N+]([O-])c1ccc(N/N=C\c2ccco2)c([N+](=O)[O-])c1. The van der Waals surface area contributed by atoms with Crippen LogP contribution in [0.25, 0.3) is 0 Å². The number of hydrogen-bond donors (Lipinski definition) is 1. The standard InChI is InChI=1S/C11H8N4O5/c16-14(17)8-3-4-10(11(6-8)15(18)19)13-12-7-9-2-1-5-20-9/h1-7,13H/b12-7-. The van der Waals surface area contributed by atoms with E-state index >= 15 is 0 Å². The highest BCUT2D eigenvalue weighted by Crippen LogP contribution is 2.28. The van der Waals surface area contributed by atoms with Crippen LogP contribution in [0, 0.1) is 20.2 Å². The highest BCUT2D eigenvalue weighted by Gasteiger charge is 2.18. The van der Waals surface area contributed by atoms with Crippen molar-refractivity contribution in [1.29, 1.82) is 0 Å². The largest absolute Gasteiger partial charge is 0.463 e. The van der Waals surface area contributed by atoms with E-state index in [1.165, 1.54) is 18.5 Å². The molecule has 0 aliphatic heterocycles. The summed E-state index contributed by atoms with van der Waals surface area (Å²) < 4.78 is 4.99. The van der Waals surface area contributed by atoms with Crippen molar-refractivity contribution < 1.29 is 14.3 Å². The van der Waals surface area contributed by atoms with Crippen LogP contribution < -0.4 is 5.43 Å². The highest BCUT2D eigenvalue weighted by atomic mass is 16.6. The number of anilines is 1. The van der Waals surface area contributed by atoms with Gasteiger partial charge in [-0.15, -0.1) is 0 Å². The lowest BCUT2D eigenvalue weighted by Gasteiger charge is -2.01. The maximum absolute atomic E-state index is 10.9. The van der Waals surface area contributed by atoms with Crippen LogP contribution in [-0.4, -0.2) is 16.1 Å². The molecule has 1 aromatic heterocycles. The van der Waals surface area contributed by atoms with Crippen LogP contribution in [0.5, 0.6) is 0 Å². The zero-order chi connectivity index (χ0) is 14.5. The minimum atomic E-state index is -0.724. The van der Waals surface area contributed by atoms with Crippen molar-refractivity contribution in [3.05, 3.63) is 62.6 Å². The van der Waals surface area contributed by atoms with Gasteiger partial charge in [0.15, 0.2) is 0 Å². The molecule has 1 N–H and O–H groups in total. The van der Waals surface area contributed by atoms with Gasteiger partial charge in [-0.2, -0.15) is 5.10 Å². The van der Waals surface area contributed by atoms with E-state index in [4.69, 9.17) is 4.42 Å². The van der Waals surface area contributed by atoms with E-state index in [0.717, 1.165) is 12.1 Å². The van der Waals surface area contributed by atoms with Gasteiger partial charge in [-0.3, -0.25) is 25.7 Å². The van der Waals surface area contributed by atoms with Crippen LogP contribution in [0.2, 0.25) is 0 Å². The molecule has 0 aliphatic rings. The molecule has 0 unspecified atom stereocenters. The van der Waals surface area contributed by atoms with E-state index in [0.29, 0.717) is 5.76 Å². The Morgan fingerprint density at radius 2 is 2.00 bits per heavy atom. The molecule has 0 aliphatic carbocycles. The van der Waals surface area contributed by atoms with Crippen LogP contribution in [0.4, 0.5) is 17.1 Å². The molecule has 0 bridgehead atoms. The summed E-state index contributed by atoms with van der Waals surface area (Å²) in [5, 5.41) is 25.2. The van der Waals surface area contributed by atoms with E-state index in [1.54, 1.807) is 12.1 Å². The number of nitro benzene ring substituents is 2. The van der Waals surface area contributed by atoms with Crippen molar-refractivity contribution in [1.82, 2.24) is 0 Å². The Labute approximate surface area is 111 Å². The summed E-state index contributed by atoms with van der Waals surface area (Å²) in [5.74, 6) is 0.460. The number of nitrogens with zero attached hydrogens (tertiary/aromatic N) is 3. The lowest BCUT2D eigenvalue weighted by molar-refractivity contribution is -0.393. The molecule has 0 spiro atoms. The van der Waals surface area contributed by atoms with Crippen LogP contribution in [0.15, 0.2) is 46.1 Å². The first-order valence-electron chi connectivity index (χ1n) is 5.33. The number of non-ortho nitro benzene ring substituents is 1. The third kappa shape index (κ3) is 2.96. The fourth-order valence-corrected chi connectivity index (χ4v) is 1.41. The van der Waals surface area contributed by atoms with Crippen molar-refractivity contribution in [2.24, 2.45) is 5.10 Å². The summed E-state index contributed by atoms with van der Waals surface area (Å²) in [5.41, 5.74) is 1.69. The molecule has 2 aromatic rings. The molecule has 2 rings (SSSR count). The smallest absolute Gasteiger partial charge is 0.301 e. The van der Waals surface area contributed by atoms with Crippen LogP contribution in [-0.2, 0) is 0 Å². The molecule has 102 valence electrons. The molecular weight excluding hydrogens is 268 g/mol. The van der Waals surface area contributed by atoms with E-state index in [2.05, 4.69) is 10.5 Å². The zero-order valence-corrected chi connectivity index (χ0v) is 9.92. The summed E-state index contributed by atoms with van der Waals surface area (Å²) in [6, 6.07) is 6.54. The Bertz CT molecular complexity index is 665. The van der Waals surface area contributed by atoms with Gasteiger partial charge in [-0.1, -0.05) is 0 Å². The number of furan rings is 1. The molecule has 0 atom stereocenters. The van der Waals surface area contributed by atoms with E-state index in [1.807, 2.05) is 0 Å². The Balaban J connectivity index is 2.22. The molecule has 0 saturated heterocycles. The number of rotatable bonds is 5. The minimum absolute atomic E-state index is 0.0448. The van der Waals surface area contributed by atoms with Crippen LogP contribution in [0.1, 0.15) is 5.76 Å². The van der Waals surface area contributed by atoms with Gasteiger partial charge in [-0.05, 0) is 18.2 Å². The topological polar surface area (TPSA) is 124 Å². The first-order chi connectivity index (χ1) is 9.58. The number of nitrogens with one attached hydrogen (secondary N) is 1. The number of hydrogen-bond acceptors (Lipinski definition) is 7. The number of hydrazone groups is 1. The second-order valence-corrected chi connectivity index (χ2v) is 3.60. The molecule has 9 nitrogen and oxygen atoms in total.